The zero-order valence-electron chi connectivity index (χ0n) is 21.0. The van der Waals surface area contributed by atoms with E-state index in [1.807, 2.05) is 18.2 Å². The van der Waals surface area contributed by atoms with E-state index in [-0.39, 0.29) is 23.4 Å². The molecular weight excluding hydrogens is 445 g/mol. The highest BCUT2D eigenvalue weighted by Crippen LogP contribution is 2.42. The number of hydrogen-bond donors (Lipinski definition) is 0. The number of aryl methyl sites for hydroxylation is 1. The van der Waals surface area contributed by atoms with Gasteiger partial charge in [0.25, 0.3) is 0 Å². The zero-order valence-corrected chi connectivity index (χ0v) is 21.0. The van der Waals surface area contributed by atoms with Crippen LogP contribution >= 0.6 is 0 Å². The minimum Gasteiger partial charge on any atom is -0.490 e. The second-order valence-electron chi connectivity index (χ2n) is 10.8. The number of benzene rings is 2. The van der Waals surface area contributed by atoms with Crippen molar-refractivity contribution >= 4 is 0 Å². The van der Waals surface area contributed by atoms with Gasteiger partial charge < -0.3 is 4.74 Å². The third kappa shape index (κ3) is 6.51. The maximum Gasteiger partial charge on any atom is 0.165 e. The molecule has 2 aliphatic rings. The van der Waals surface area contributed by atoms with Gasteiger partial charge in [-0.15, -0.1) is 6.58 Å². The van der Waals surface area contributed by atoms with Crippen LogP contribution in [-0.4, -0.2) is 6.61 Å². The summed E-state index contributed by atoms with van der Waals surface area (Å²) in [7, 11) is 0. The maximum absolute atomic E-state index is 15.1. The van der Waals surface area contributed by atoms with Gasteiger partial charge in [-0.1, -0.05) is 44.0 Å². The molecule has 190 valence electrons. The molecule has 0 saturated heterocycles. The Labute approximate surface area is 208 Å². The molecule has 0 atom stereocenters. The van der Waals surface area contributed by atoms with Gasteiger partial charge in [-0.25, -0.2) is 13.2 Å². The molecule has 2 aromatic carbocycles. The largest absolute Gasteiger partial charge is 0.490 e. The number of ether oxygens (including phenoxy) is 1. The summed E-state index contributed by atoms with van der Waals surface area (Å²) in [6.07, 6.45) is 12.1. The van der Waals surface area contributed by atoms with Crippen LogP contribution in [0.1, 0.15) is 99.7 Å². The standard InChI is InChI=1S/C31H39F3O/c1-3-4-19-35-29-18-11-23(20-28(29)32)8-7-22-9-14-25(15-10-22)27-17-16-26(30(33)31(27)34)24-12-5-21(2)6-13-24/h3,11,16-18,20-22,24-25H,1,4-10,12-15,19H2,2H3. The molecule has 1 nitrogen and oxygen atoms in total. The van der Waals surface area contributed by atoms with Crippen molar-refractivity contribution in [2.24, 2.45) is 11.8 Å². The summed E-state index contributed by atoms with van der Waals surface area (Å²) in [6.45, 7) is 6.31. The average Bonchev–Trinajstić information content (AvgIpc) is 2.87. The highest BCUT2D eigenvalue weighted by atomic mass is 19.2. The normalized spacial score (nSPS) is 24.8. The molecule has 0 heterocycles. The van der Waals surface area contributed by atoms with Crippen LogP contribution in [0.5, 0.6) is 5.75 Å². The van der Waals surface area contributed by atoms with Gasteiger partial charge in [0.2, 0.25) is 0 Å². The number of hydrogen-bond acceptors (Lipinski definition) is 1. The molecule has 0 bridgehead atoms. The Morgan fingerprint density at radius 1 is 0.857 bits per heavy atom. The Balaban J connectivity index is 1.28. The van der Waals surface area contributed by atoms with Crippen molar-refractivity contribution in [3.05, 3.63) is 77.1 Å². The van der Waals surface area contributed by atoms with Gasteiger partial charge in [-0.3, -0.25) is 0 Å². The Morgan fingerprint density at radius 2 is 1.46 bits per heavy atom. The van der Waals surface area contributed by atoms with E-state index in [9.17, 15) is 4.39 Å². The predicted molar refractivity (Wildman–Crippen MR) is 136 cm³/mol. The summed E-state index contributed by atoms with van der Waals surface area (Å²) in [5.41, 5.74) is 2.11. The van der Waals surface area contributed by atoms with E-state index in [1.54, 1.807) is 18.2 Å². The van der Waals surface area contributed by atoms with Gasteiger partial charge >= 0.3 is 0 Å². The smallest absolute Gasteiger partial charge is 0.165 e. The lowest BCUT2D eigenvalue weighted by Gasteiger charge is -2.30. The van der Waals surface area contributed by atoms with Crippen molar-refractivity contribution in [2.45, 2.75) is 89.4 Å². The van der Waals surface area contributed by atoms with E-state index >= 15 is 8.78 Å². The lowest BCUT2D eigenvalue weighted by Crippen LogP contribution is -2.17. The van der Waals surface area contributed by atoms with Crippen LogP contribution in [0.2, 0.25) is 0 Å². The molecule has 2 aromatic rings. The van der Waals surface area contributed by atoms with E-state index < -0.39 is 11.6 Å². The van der Waals surface area contributed by atoms with Crippen LogP contribution in [0.15, 0.2) is 43.0 Å². The van der Waals surface area contributed by atoms with Crippen LogP contribution in [-0.2, 0) is 6.42 Å². The number of halogens is 3. The van der Waals surface area contributed by atoms with Gasteiger partial charge in [0.1, 0.15) is 0 Å². The molecule has 0 aliphatic heterocycles. The van der Waals surface area contributed by atoms with Gasteiger partial charge in [0.15, 0.2) is 23.2 Å². The van der Waals surface area contributed by atoms with E-state index in [0.29, 0.717) is 36.0 Å². The van der Waals surface area contributed by atoms with E-state index in [2.05, 4.69) is 13.5 Å². The van der Waals surface area contributed by atoms with Gasteiger partial charge in [0.05, 0.1) is 6.61 Å². The second-order valence-corrected chi connectivity index (χ2v) is 10.8. The molecular formula is C31H39F3O. The fourth-order valence-corrected chi connectivity index (χ4v) is 5.98. The molecule has 2 saturated carbocycles. The van der Waals surface area contributed by atoms with Crippen LogP contribution in [0.25, 0.3) is 0 Å². The predicted octanol–water partition coefficient (Wildman–Crippen LogP) is 9.26. The monoisotopic (exact) mass is 484 g/mol. The fourth-order valence-electron chi connectivity index (χ4n) is 5.98. The van der Waals surface area contributed by atoms with Crippen molar-refractivity contribution in [3.8, 4) is 5.75 Å². The second kappa shape index (κ2) is 12.1. The summed E-state index contributed by atoms with van der Waals surface area (Å²) < 4.78 is 49.8. The van der Waals surface area contributed by atoms with Gasteiger partial charge in [-0.05, 0) is 110 Å². The molecule has 0 amide bonds. The number of rotatable bonds is 9. The summed E-state index contributed by atoms with van der Waals surface area (Å²) >= 11 is 0. The van der Waals surface area contributed by atoms with Crippen LogP contribution < -0.4 is 4.74 Å². The van der Waals surface area contributed by atoms with Crippen molar-refractivity contribution in [1.29, 1.82) is 0 Å². The summed E-state index contributed by atoms with van der Waals surface area (Å²) in [5.74, 6) is 0.211. The minimum atomic E-state index is -0.615. The molecule has 0 spiro atoms. The lowest BCUT2D eigenvalue weighted by atomic mass is 9.75. The Bertz CT molecular complexity index is 985. The summed E-state index contributed by atoms with van der Waals surface area (Å²) in [5, 5.41) is 0. The summed E-state index contributed by atoms with van der Waals surface area (Å²) in [6, 6.07) is 8.93. The van der Waals surface area contributed by atoms with Crippen molar-refractivity contribution in [2.75, 3.05) is 6.61 Å². The summed E-state index contributed by atoms with van der Waals surface area (Å²) in [4.78, 5) is 0. The quantitative estimate of drug-likeness (QED) is 0.254. The third-order valence-corrected chi connectivity index (χ3v) is 8.30. The first-order valence-electron chi connectivity index (χ1n) is 13.5. The van der Waals surface area contributed by atoms with Gasteiger partial charge in [-0.2, -0.15) is 0 Å². The average molecular weight is 485 g/mol. The van der Waals surface area contributed by atoms with Gasteiger partial charge in [0, 0.05) is 0 Å². The Kier molecular flexibility index (Phi) is 8.97. The minimum absolute atomic E-state index is 0.0885. The van der Waals surface area contributed by atoms with Crippen molar-refractivity contribution in [1.82, 2.24) is 0 Å². The molecule has 0 unspecified atom stereocenters. The lowest BCUT2D eigenvalue weighted by molar-refractivity contribution is 0.302. The van der Waals surface area contributed by atoms with Crippen LogP contribution in [0.3, 0.4) is 0 Å². The molecule has 2 aliphatic carbocycles. The molecule has 4 rings (SSSR count). The third-order valence-electron chi connectivity index (χ3n) is 8.30. The molecule has 0 N–H and O–H groups in total. The molecule has 0 radical (unpaired) electrons. The highest BCUT2D eigenvalue weighted by Gasteiger charge is 2.29. The highest BCUT2D eigenvalue weighted by molar-refractivity contribution is 5.32. The first kappa shape index (κ1) is 25.9. The maximum atomic E-state index is 15.1. The zero-order chi connectivity index (χ0) is 24.8. The SMILES string of the molecule is C=CCCOc1ccc(CCC2CCC(c3ccc(C4CCC(C)CC4)c(F)c3F)CC2)cc1F. The van der Waals surface area contributed by atoms with E-state index in [0.717, 1.165) is 69.8 Å². The molecule has 35 heavy (non-hydrogen) atoms. The first-order valence-corrected chi connectivity index (χ1v) is 13.5. The van der Waals surface area contributed by atoms with Crippen molar-refractivity contribution in [3.63, 3.8) is 0 Å². The van der Waals surface area contributed by atoms with E-state index in [4.69, 9.17) is 4.74 Å². The molecule has 0 aromatic heterocycles. The first-order chi connectivity index (χ1) is 17.0. The fraction of sp³-hybridized carbons (Fsp3) is 0.548. The molecule has 4 heteroatoms. The molecule has 2 fully saturated rings. The Hall–Kier alpha value is -2.23. The van der Waals surface area contributed by atoms with Crippen LogP contribution in [0, 0.1) is 29.3 Å². The van der Waals surface area contributed by atoms with Crippen LogP contribution in [0.4, 0.5) is 13.2 Å². The van der Waals surface area contributed by atoms with E-state index in [1.165, 1.54) is 0 Å². The van der Waals surface area contributed by atoms with Crippen molar-refractivity contribution < 1.29 is 17.9 Å². The topological polar surface area (TPSA) is 9.23 Å². The Morgan fingerprint density at radius 3 is 2.03 bits per heavy atom.